The third-order valence-corrected chi connectivity index (χ3v) is 3.23. The maximum absolute atomic E-state index is 11.2. The van der Waals surface area contributed by atoms with Gasteiger partial charge in [0.2, 0.25) is 0 Å². The highest BCUT2D eigenvalue weighted by Crippen LogP contribution is 2.07. The second kappa shape index (κ2) is 10.2. The van der Waals surface area contributed by atoms with Crippen molar-refractivity contribution in [2.75, 3.05) is 26.2 Å². The van der Waals surface area contributed by atoms with E-state index in [1.54, 1.807) is 0 Å². The number of rotatable bonds is 11. The van der Waals surface area contributed by atoms with Crippen LogP contribution in [-0.2, 0) is 4.79 Å². The van der Waals surface area contributed by atoms with E-state index in [2.05, 4.69) is 37.9 Å². The number of carbonyl (C=O) groups is 1. The molecule has 2 N–H and O–H groups in total. The van der Waals surface area contributed by atoms with Crippen molar-refractivity contribution < 1.29 is 9.90 Å². The molecule has 0 saturated carbocycles. The highest BCUT2D eigenvalue weighted by Gasteiger charge is 2.20. The van der Waals surface area contributed by atoms with Gasteiger partial charge in [0, 0.05) is 6.54 Å². The SMILES string of the molecule is CCNC(CN(CCC(C)C)CCC(C)C)C(=O)O. The Hall–Kier alpha value is -0.610. The summed E-state index contributed by atoms with van der Waals surface area (Å²) in [6.07, 6.45) is 2.24. The monoisotopic (exact) mass is 272 g/mol. The fourth-order valence-electron chi connectivity index (χ4n) is 1.91. The van der Waals surface area contributed by atoms with Gasteiger partial charge in [0.25, 0.3) is 0 Å². The van der Waals surface area contributed by atoms with Crippen molar-refractivity contribution in [2.45, 2.75) is 53.5 Å². The quantitative estimate of drug-likeness (QED) is 0.606. The second-order valence-electron chi connectivity index (χ2n) is 6.11. The molecule has 114 valence electrons. The number of likely N-dealkylation sites (N-methyl/N-ethyl adjacent to an activating group) is 1. The summed E-state index contributed by atoms with van der Waals surface area (Å²) in [7, 11) is 0. The Morgan fingerprint density at radius 2 is 1.58 bits per heavy atom. The number of aliphatic carboxylic acids is 1. The second-order valence-corrected chi connectivity index (χ2v) is 6.11. The van der Waals surface area contributed by atoms with Gasteiger partial charge in [-0.15, -0.1) is 0 Å². The first kappa shape index (κ1) is 18.4. The van der Waals surface area contributed by atoms with E-state index in [1.807, 2.05) is 6.92 Å². The van der Waals surface area contributed by atoms with Gasteiger partial charge in [-0.2, -0.15) is 0 Å². The Balaban J connectivity index is 4.38. The fourth-order valence-corrected chi connectivity index (χ4v) is 1.91. The minimum Gasteiger partial charge on any atom is -0.480 e. The van der Waals surface area contributed by atoms with E-state index < -0.39 is 12.0 Å². The molecule has 0 heterocycles. The number of hydrogen-bond donors (Lipinski definition) is 2. The molecule has 0 aromatic carbocycles. The number of nitrogens with zero attached hydrogens (tertiary/aromatic N) is 1. The van der Waals surface area contributed by atoms with Gasteiger partial charge in [0.1, 0.15) is 6.04 Å². The maximum atomic E-state index is 11.2. The summed E-state index contributed by atoms with van der Waals surface area (Å²) in [4.78, 5) is 13.5. The molecular formula is C15H32N2O2. The van der Waals surface area contributed by atoms with E-state index in [1.165, 1.54) is 0 Å². The molecule has 1 atom stereocenters. The van der Waals surface area contributed by atoms with Crippen LogP contribution in [0.2, 0.25) is 0 Å². The fraction of sp³-hybridized carbons (Fsp3) is 0.933. The molecule has 4 heteroatoms. The lowest BCUT2D eigenvalue weighted by Crippen LogP contribution is -2.46. The molecule has 0 spiro atoms. The van der Waals surface area contributed by atoms with E-state index >= 15 is 0 Å². The molecule has 0 saturated heterocycles. The zero-order valence-electron chi connectivity index (χ0n) is 13.3. The van der Waals surface area contributed by atoms with Crippen LogP contribution in [0.4, 0.5) is 0 Å². The van der Waals surface area contributed by atoms with Crippen molar-refractivity contribution in [2.24, 2.45) is 11.8 Å². The first-order valence-corrected chi connectivity index (χ1v) is 7.55. The maximum Gasteiger partial charge on any atom is 0.322 e. The van der Waals surface area contributed by atoms with Gasteiger partial charge < -0.3 is 15.3 Å². The third kappa shape index (κ3) is 9.91. The van der Waals surface area contributed by atoms with E-state index in [0.717, 1.165) is 25.9 Å². The summed E-state index contributed by atoms with van der Waals surface area (Å²) >= 11 is 0. The summed E-state index contributed by atoms with van der Waals surface area (Å²) in [6, 6.07) is -0.454. The van der Waals surface area contributed by atoms with E-state index in [0.29, 0.717) is 24.9 Å². The molecular weight excluding hydrogens is 240 g/mol. The van der Waals surface area contributed by atoms with Crippen LogP contribution in [0.3, 0.4) is 0 Å². The van der Waals surface area contributed by atoms with Crippen LogP contribution >= 0.6 is 0 Å². The largest absolute Gasteiger partial charge is 0.480 e. The first-order valence-electron chi connectivity index (χ1n) is 7.55. The predicted octanol–water partition coefficient (Wildman–Crippen LogP) is 2.44. The Morgan fingerprint density at radius 1 is 1.11 bits per heavy atom. The number of carboxylic acids is 1. The summed E-state index contributed by atoms with van der Waals surface area (Å²) in [5.74, 6) is 0.564. The standard InChI is InChI=1S/C15H32N2O2/c1-6-16-14(15(18)19)11-17(9-7-12(2)3)10-8-13(4)5/h12-14,16H,6-11H2,1-5H3,(H,18,19). The minimum absolute atomic E-state index is 0.454. The molecule has 0 amide bonds. The van der Waals surface area contributed by atoms with Crippen molar-refractivity contribution >= 4 is 5.97 Å². The zero-order chi connectivity index (χ0) is 14.8. The Labute approximate surface area is 118 Å². The van der Waals surface area contributed by atoms with Gasteiger partial charge in [-0.3, -0.25) is 4.79 Å². The zero-order valence-corrected chi connectivity index (χ0v) is 13.3. The lowest BCUT2D eigenvalue weighted by atomic mass is 10.1. The van der Waals surface area contributed by atoms with E-state index in [9.17, 15) is 9.90 Å². The minimum atomic E-state index is -0.749. The molecule has 4 nitrogen and oxygen atoms in total. The molecule has 19 heavy (non-hydrogen) atoms. The molecule has 0 rings (SSSR count). The van der Waals surface area contributed by atoms with Crippen molar-refractivity contribution in [1.29, 1.82) is 0 Å². The Morgan fingerprint density at radius 3 is 1.89 bits per heavy atom. The van der Waals surface area contributed by atoms with E-state index in [-0.39, 0.29) is 0 Å². The Kier molecular flexibility index (Phi) is 9.88. The molecule has 0 radical (unpaired) electrons. The molecule has 0 aliphatic carbocycles. The average molecular weight is 272 g/mol. The van der Waals surface area contributed by atoms with Crippen LogP contribution in [0.15, 0.2) is 0 Å². The lowest BCUT2D eigenvalue weighted by molar-refractivity contribution is -0.140. The molecule has 0 fully saturated rings. The summed E-state index contributed by atoms with van der Waals surface area (Å²) in [6.45, 7) is 14.0. The number of nitrogens with one attached hydrogen (secondary N) is 1. The predicted molar refractivity (Wildman–Crippen MR) is 80.5 cm³/mol. The van der Waals surface area contributed by atoms with Crippen molar-refractivity contribution in [3.63, 3.8) is 0 Å². The Bertz CT molecular complexity index is 230. The molecule has 0 aliphatic heterocycles. The summed E-state index contributed by atoms with van der Waals surface area (Å²) in [5, 5.41) is 12.3. The summed E-state index contributed by atoms with van der Waals surface area (Å²) < 4.78 is 0. The van der Waals surface area contributed by atoms with Gasteiger partial charge in [0.05, 0.1) is 0 Å². The molecule has 0 aromatic heterocycles. The highest BCUT2D eigenvalue weighted by atomic mass is 16.4. The molecule has 0 bridgehead atoms. The van der Waals surface area contributed by atoms with Crippen molar-refractivity contribution in [3.05, 3.63) is 0 Å². The van der Waals surface area contributed by atoms with Gasteiger partial charge in [-0.25, -0.2) is 0 Å². The van der Waals surface area contributed by atoms with Gasteiger partial charge in [0.15, 0.2) is 0 Å². The van der Waals surface area contributed by atoms with Gasteiger partial charge in [-0.1, -0.05) is 34.6 Å². The van der Waals surface area contributed by atoms with Crippen molar-refractivity contribution in [3.8, 4) is 0 Å². The number of carboxylic acid groups (broad SMARTS) is 1. The van der Waals surface area contributed by atoms with Crippen LogP contribution in [0, 0.1) is 11.8 Å². The average Bonchev–Trinajstić information content (AvgIpc) is 2.30. The van der Waals surface area contributed by atoms with Gasteiger partial charge in [-0.05, 0) is 44.3 Å². The van der Waals surface area contributed by atoms with Crippen LogP contribution < -0.4 is 5.32 Å². The van der Waals surface area contributed by atoms with Crippen LogP contribution in [0.25, 0.3) is 0 Å². The van der Waals surface area contributed by atoms with Gasteiger partial charge >= 0.3 is 5.97 Å². The van der Waals surface area contributed by atoms with Crippen molar-refractivity contribution in [1.82, 2.24) is 10.2 Å². The van der Waals surface area contributed by atoms with Crippen LogP contribution in [0.1, 0.15) is 47.5 Å². The topological polar surface area (TPSA) is 52.6 Å². The highest BCUT2D eigenvalue weighted by molar-refractivity contribution is 5.73. The molecule has 0 aromatic rings. The molecule has 0 aliphatic rings. The smallest absolute Gasteiger partial charge is 0.322 e. The normalized spacial score (nSPS) is 13.5. The lowest BCUT2D eigenvalue weighted by Gasteiger charge is -2.27. The van der Waals surface area contributed by atoms with E-state index in [4.69, 9.17) is 0 Å². The first-order chi connectivity index (χ1) is 8.86. The third-order valence-electron chi connectivity index (χ3n) is 3.23. The van der Waals surface area contributed by atoms with Crippen LogP contribution in [0.5, 0.6) is 0 Å². The number of hydrogen-bond acceptors (Lipinski definition) is 3. The molecule has 1 unspecified atom stereocenters. The summed E-state index contributed by atoms with van der Waals surface area (Å²) in [5.41, 5.74) is 0. The van der Waals surface area contributed by atoms with Crippen LogP contribution in [-0.4, -0.2) is 48.2 Å².